The van der Waals surface area contributed by atoms with Gasteiger partial charge in [-0.25, -0.2) is 4.57 Å². The minimum Gasteiger partial charge on any atom is -0.493 e. The first-order chi connectivity index (χ1) is 8.21. The highest BCUT2D eigenvalue weighted by Gasteiger charge is 2.14. The highest BCUT2D eigenvalue weighted by atomic mass is 16.5. The number of aryl methyl sites for hydroxylation is 2. The normalized spacial score (nSPS) is 10.6. The molecule has 1 aromatic heterocycles. The van der Waals surface area contributed by atoms with E-state index in [1.807, 2.05) is 12.1 Å². The number of ether oxygens (including phenoxy) is 2. The number of aromatic nitrogens is 1. The van der Waals surface area contributed by atoms with E-state index in [1.54, 1.807) is 14.2 Å². The minimum absolute atomic E-state index is 0.774. The van der Waals surface area contributed by atoms with Gasteiger partial charge in [0.25, 0.3) is 0 Å². The molecule has 0 radical (unpaired) electrons. The maximum atomic E-state index is 5.35. The standard InChI is InChI=1S/C14H18NO2/c1-5-12-11-9-14(17-4)13(16-3)8-10(11)6-7-15(12)2/h6-9H,5H2,1-4H3/q+1. The zero-order chi connectivity index (χ0) is 12.4. The number of hydrogen-bond acceptors (Lipinski definition) is 2. The summed E-state index contributed by atoms with van der Waals surface area (Å²) in [4.78, 5) is 0. The maximum absolute atomic E-state index is 5.35. The van der Waals surface area contributed by atoms with Crippen LogP contribution in [-0.2, 0) is 13.5 Å². The van der Waals surface area contributed by atoms with Crippen LogP contribution >= 0.6 is 0 Å². The number of hydrogen-bond donors (Lipinski definition) is 0. The highest BCUT2D eigenvalue weighted by Crippen LogP contribution is 2.32. The van der Waals surface area contributed by atoms with Gasteiger partial charge in [0.2, 0.25) is 0 Å². The van der Waals surface area contributed by atoms with Crippen LogP contribution in [0.3, 0.4) is 0 Å². The lowest BCUT2D eigenvalue weighted by Gasteiger charge is -2.10. The van der Waals surface area contributed by atoms with Gasteiger partial charge in [-0.15, -0.1) is 0 Å². The van der Waals surface area contributed by atoms with E-state index in [4.69, 9.17) is 9.47 Å². The molecule has 0 saturated heterocycles. The molecule has 0 aliphatic rings. The molecule has 0 saturated carbocycles. The minimum atomic E-state index is 0.774. The van der Waals surface area contributed by atoms with Gasteiger partial charge < -0.3 is 9.47 Å². The molecule has 2 rings (SSSR count). The van der Waals surface area contributed by atoms with Gasteiger partial charge >= 0.3 is 0 Å². The Hall–Kier alpha value is -1.77. The Kier molecular flexibility index (Phi) is 3.18. The molecule has 3 nitrogen and oxygen atoms in total. The van der Waals surface area contributed by atoms with E-state index in [9.17, 15) is 0 Å². The molecule has 0 bridgehead atoms. The van der Waals surface area contributed by atoms with E-state index < -0.39 is 0 Å². The molecular formula is C14H18NO2+. The molecular weight excluding hydrogens is 214 g/mol. The maximum Gasteiger partial charge on any atom is 0.188 e. The fourth-order valence-electron chi connectivity index (χ4n) is 2.19. The number of fused-ring (bicyclic) bond motifs is 1. The van der Waals surface area contributed by atoms with Crippen molar-refractivity contribution in [2.75, 3.05) is 14.2 Å². The SMILES string of the molecule is CCc1c2cc(OC)c(OC)cc2cc[n+]1C. The molecule has 0 unspecified atom stereocenters. The summed E-state index contributed by atoms with van der Waals surface area (Å²) in [5.41, 5.74) is 1.29. The van der Waals surface area contributed by atoms with Crippen LogP contribution < -0.4 is 14.0 Å². The zero-order valence-electron chi connectivity index (χ0n) is 10.8. The van der Waals surface area contributed by atoms with Crippen molar-refractivity contribution in [3.05, 3.63) is 30.1 Å². The predicted molar refractivity (Wildman–Crippen MR) is 67.6 cm³/mol. The molecule has 0 atom stereocenters. The van der Waals surface area contributed by atoms with Gasteiger partial charge in [-0.3, -0.25) is 0 Å². The van der Waals surface area contributed by atoms with Crippen molar-refractivity contribution in [2.45, 2.75) is 13.3 Å². The molecule has 0 N–H and O–H groups in total. The topological polar surface area (TPSA) is 22.3 Å². The first kappa shape index (κ1) is 11.7. The Bertz CT molecular complexity index is 549. The van der Waals surface area contributed by atoms with E-state index in [0.29, 0.717) is 0 Å². The number of nitrogens with zero attached hydrogens (tertiary/aromatic N) is 1. The van der Waals surface area contributed by atoms with Crippen LogP contribution in [0.4, 0.5) is 0 Å². The van der Waals surface area contributed by atoms with E-state index in [-0.39, 0.29) is 0 Å². The van der Waals surface area contributed by atoms with E-state index in [1.165, 1.54) is 16.5 Å². The molecule has 17 heavy (non-hydrogen) atoms. The molecule has 0 aliphatic carbocycles. The fraction of sp³-hybridized carbons (Fsp3) is 0.357. The number of methoxy groups -OCH3 is 2. The molecule has 0 amide bonds. The summed E-state index contributed by atoms with van der Waals surface area (Å²) < 4.78 is 12.8. The molecule has 1 aromatic carbocycles. The number of benzene rings is 1. The molecule has 0 spiro atoms. The second-order valence-corrected chi connectivity index (χ2v) is 4.02. The molecule has 0 aliphatic heterocycles. The lowest BCUT2D eigenvalue weighted by atomic mass is 10.1. The van der Waals surface area contributed by atoms with Crippen molar-refractivity contribution >= 4 is 10.8 Å². The van der Waals surface area contributed by atoms with Crippen LogP contribution in [0, 0.1) is 0 Å². The second kappa shape index (κ2) is 4.62. The number of pyridine rings is 1. The Morgan fingerprint density at radius 1 is 1.12 bits per heavy atom. The first-order valence-corrected chi connectivity index (χ1v) is 5.74. The summed E-state index contributed by atoms with van der Waals surface area (Å²) in [6.45, 7) is 2.16. The van der Waals surface area contributed by atoms with E-state index in [0.717, 1.165) is 17.9 Å². The third kappa shape index (κ3) is 1.93. The average Bonchev–Trinajstić information content (AvgIpc) is 2.37. The number of rotatable bonds is 3. The summed E-state index contributed by atoms with van der Waals surface area (Å²) in [7, 11) is 5.39. The first-order valence-electron chi connectivity index (χ1n) is 5.74. The zero-order valence-corrected chi connectivity index (χ0v) is 10.8. The van der Waals surface area contributed by atoms with Gasteiger partial charge in [0, 0.05) is 12.5 Å². The van der Waals surface area contributed by atoms with Gasteiger partial charge in [-0.1, -0.05) is 6.92 Å². The van der Waals surface area contributed by atoms with Gasteiger partial charge in [-0.2, -0.15) is 0 Å². The molecule has 2 aromatic rings. The van der Waals surface area contributed by atoms with Crippen LogP contribution in [0.5, 0.6) is 11.5 Å². The van der Waals surface area contributed by atoms with Crippen LogP contribution in [0.25, 0.3) is 10.8 Å². The molecule has 1 heterocycles. The quantitative estimate of drug-likeness (QED) is 0.757. The lowest BCUT2D eigenvalue weighted by Crippen LogP contribution is -2.32. The van der Waals surface area contributed by atoms with Crippen molar-refractivity contribution in [3.8, 4) is 11.5 Å². The Morgan fingerprint density at radius 2 is 1.76 bits per heavy atom. The van der Waals surface area contributed by atoms with Crippen molar-refractivity contribution in [2.24, 2.45) is 7.05 Å². The van der Waals surface area contributed by atoms with Crippen molar-refractivity contribution < 1.29 is 14.0 Å². The highest BCUT2D eigenvalue weighted by molar-refractivity contribution is 5.87. The smallest absolute Gasteiger partial charge is 0.188 e. The summed E-state index contributed by atoms with van der Waals surface area (Å²) in [6.07, 6.45) is 3.07. The van der Waals surface area contributed by atoms with Crippen LogP contribution in [-0.4, -0.2) is 14.2 Å². The summed E-state index contributed by atoms with van der Waals surface area (Å²) in [5, 5.41) is 2.40. The van der Waals surface area contributed by atoms with Crippen LogP contribution in [0.2, 0.25) is 0 Å². The monoisotopic (exact) mass is 232 g/mol. The van der Waals surface area contributed by atoms with E-state index >= 15 is 0 Å². The molecule has 0 fully saturated rings. The Labute approximate surface area is 102 Å². The van der Waals surface area contributed by atoms with E-state index in [2.05, 4.69) is 30.8 Å². The summed E-state index contributed by atoms with van der Waals surface area (Å²) in [5.74, 6) is 1.55. The largest absolute Gasteiger partial charge is 0.493 e. The fourth-order valence-corrected chi connectivity index (χ4v) is 2.19. The van der Waals surface area contributed by atoms with Crippen LogP contribution in [0.15, 0.2) is 24.4 Å². The summed E-state index contributed by atoms with van der Waals surface area (Å²) in [6, 6.07) is 6.16. The van der Waals surface area contributed by atoms with Gasteiger partial charge in [0.15, 0.2) is 23.4 Å². The predicted octanol–water partition coefficient (Wildman–Crippen LogP) is 2.24. The van der Waals surface area contributed by atoms with Gasteiger partial charge in [0.05, 0.1) is 19.6 Å². The summed E-state index contributed by atoms with van der Waals surface area (Å²) >= 11 is 0. The second-order valence-electron chi connectivity index (χ2n) is 4.02. The lowest BCUT2D eigenvalue weighted by molar-refractivity contribution is -0.677. The van der Waals surface area contributed by atoms with Crippen molar-refractivity contribution in [1.29, 1.82) is 0 Å². The third-order valence-electron chi connectivity index (χ3n) is 3.10. The van der Waals surface area contributed by atoms with Crippen molar-refractivity contribution in [1.82, 2.24) is 0 Å². The van der Waals surface area contributed by atoms with Crippen molar-refractivity contribution in [3.63, 3.8) is 0 Å². The average molecular weight is 232 g/mol. The molecule has 90 valence electrons. The van der Waals surface area contributed by atoms with Gasteiger partial charge in [-0.05, 0) is 17.5 Å². The Morgan fingerprint density at radius 3 is 2.35 bits per heavy atom. The Balaban J connectivity index is 2.78. The third-order valence-corrected chi connectivity index (χ3v) is 3.10. The molecule has 3 heteroatoms. The van der Waals surface area contributed by atoms with Gasteiger partial charge in [0.1, 0.15) is 7.05 Å². The van der Waals surface area contributed by atoms with Crippen LogP contribution in [0.1, 0.15) is 12.6 Å².